The van der Waals surface area contributed by atoms with Crippen molar-refractivity contribution in [3.8, 4) is 0 Å². The first-order valence-electron chi connectivity index (χ1n) is 5.58. The second kappa shape index (κ2) is 4.92. The van der Waals surface area contributed by atoms with Crippen LogP contribution in [0.3, 0.4) is 0 Å². The molecule has 1 aliphatic carbocycles. The summed E-state index contributed by atoms with van der Waals surface area (Å²) >= 11 is 0. The molecule has 1 fully saturated rings. The van der Waals surface area contributed by atoms with Gasteiger partial charge in [-0.2, -0.15) is 0 Å². The molecule has 0 aromatic carbocycles. The molecule has 1 heterocycles. The minimum Gasteiger partial charge on any atom is -0.478 e. The van der Waals surface area contributed by atoms with E-state index in [0.29, 0.717) is 5.92 Å². The second-order valence-corrected chi connectivity index (χ2v) is 4.21. The van der Waals surface area contributed by atoms with Gasteiger partial charge in [-0.05, 0) is 49.3 Å². The molecule has 0 bridgehead atoms. The highest BCUT2D eigenvalue weighted by Crippen LogP contribution is 2.35. The van der Waals surface area contributed by atoms with E-state index in [1.807, 2.05) is 12.1 Å². The molecule has 1 saturated carbocycles. The Balaban J connectivity index is 2.11. The molecule has 16 heavy (non-hydrogen) atoms. The van der Waals surface area contributed by atoms with Gasteiger partial charge < -0.3 is 5.11 Å². The van der Waals surface area contributed by atoms with Gasteiger partial charge in [0.05, 0.1) is 0 Å². The lowest BCUT2D eigenvalue weighted by Gasteiger charge is -2.24. The molecular formula is C13H15NO2. The van der Waals surface area contributed by atoms with E-state index in [-0.39, 0.29) is 0 Å². The van der Waals surface area contributed by atoms with E-state index in [2.05, 4.69) is 4.98 Å². The van der Waals surface area contributed by atoms with Crippen LogP contribution in [-0.4, -0.2) is 16.1 Å². The molecule has 0 saturated heterocycles. The maximum Gasteiger partial charge on any atom is 0.328 e. The number of aliphatic carboxylic acids is 1. The molecule has 0 amide bonds. The molecule has 0 radical (unpaired) electrons. The van der Waals surface area contributed by atoms with Crippen LogP contribution in [0.2, 0.25) is 0 Å². The third-order valence-corrected chi connectivity index (χ3v) is 3.06. The minimum absolute atomic E-state index is 0.461. The van der Waals surface area contributed by atoms with Crippen molar-refractivity contribution in [3.05, 3.63) is 41.7 Å². The largest absolute Gasteiger partial charge is 0.478 e. The third-order valence-electron chi connectivity index (χ3n) is 3.06. The number of carbonyl (C=O) groups is 1. The van der Waals surface area contributed by atoms with Crippen LogP contribution >= 0.6 is 0 Å². The van der Waals surface area contributed by atoms with Crippen molar-refractivity contribution in [1.29, 1.82) is 0 Å². The van der Waals surface area contributed by atoms with Crippen LogP contribution < -0.4 is 0 Å². The highest BCUT2D eigenvalue weighted by Gasteiger charge is 2.19. The monoisotopic (exact) mass is 217 g/mol. The van der Waals surface area contributed by atoms with Gasteiger partial charge in [0.1, 0.15) is 0 Å². The van der Waals surface area contributed by atoms with Crippen LogP contribution in [0.15, 0.2) is 36.2 Å². The van der Waals surface area contributed by atoms with E-state index in [1.165, 1.54) is 11.6 Å². The van der Waals surface area contributed by atoms with Crippen LogP contribution in [0.25, 0.3) is 0 Å². The Labute approximate surface area is 94.8 Å². The summed E-state index contributed by atoms with van der Waals surface area (Å²) in [6.45, 7) is 0. The number of hydrogen-bond acceptors (Lipinski definition) is 2. The van der Waals surface area contributed by atoms with Crippen molar-refractivity contribution in [2.24, 2.45) is 0 Å². The predicted octanol–water partition coefficient (Wildman–Crippen LogP) is 2.75. The molecule has 1 aromatic heterocycles. The van der Waals surface area contributed by atoms with Gasteiger partial charge in [-0.25, -0.2) is 4.79 Å². The summed E-state index contributed by atoms with van der Waals surface area (Å²) in [5.74, 6) is -0.368. The van der Waals surface area contributed by atoms with Crippen molar-refractivity contribution in [2.75, 3.05) is 0 Å². The molecule has 84 valence electrons. The van der Waals surface area contributed by atoms with Crippen molar-refractivity contribution in [2.45, 2.75) is 31.6 Å². The number of rotatable bonds is 2. The van der Waals surface area contributed by atoms with E-state index in [0.717, 1.165) is 31.3 Å². The molecular weight excluding hydrogens is 202 g/mol. The number of aromatic nitrogens is 1. The summed E-state index contributed by atoms with van der Waals surface area (Å²) in [7, 11) is 0. The number of allylic oxidation sites excluding steroid dienone is 1. The summed E-state index contributed by atoms with van der Waals surface area (Å²) in [4.78, 5) is 14.6. The number of carboxylic acids is 1. The van der Waals surface area contributed by atoms with Crippen LogP contribution in [0.4, 0.5) is 0 Å². The maximum absolute atomic E-state index is 10.6. The van der Waals surface area contributed by atoms with E-state index in [9.17, 15) is 4.79 Å². The van der Waals surface area contributed by atoms with Crippen LogP contribution in [0, 0.1) is 0 Å². The first-order chi connectivity index (χ1) is 7.75. The fourth-order valence-electron chi connectivity index (χ4n) is 2.32. The standard InChI is InChI=1S/C13H15NO2/c15-13(16)9-10-2-1-3-12(8-10)11-4-6-14-7-5-11/h4-7,9,12H,1-3,8H2,(H,15,16). The summed E-state index contributed by atoms with van der Waals surface area (Å²) < 4.78 is 0. The Bertz CT molecular complexity index is 398. The summed E-state index contributed by atoms with van der Waals surface area (Å²) in [5, 5.41) is 8.74. The van der Waals surface area contributed by atoms with Gasteiger partial charge >= 0.3 is 5.97 Å². The number of nitrogens with zero attached hydrogens (tertiary/aromatic N) is 1. The summed E-state index contributed by atoms with van der Waals surface area (Å²) in [5.41, 5.74) is 2.33. The zero-order valence-corrected chi connectivity index (χ0v) is 9.10. The molecule has 1 atom stereocenters. The fraction of sp³-hybridized carbons (Fsp3) is 0.385. The second-order valence-electron chi connectivity index (χ2n) is 4.21. The lowest BCUT2D eigenvalue weighted by Crippen LogP contribution is -2.08. The SMILES string of the molecule is O=C(O)C=C1CCCC(c2ccncc2)C1. The zero-order valence-electron chi connectivity index (χ0n) is 9.10. The molecule has 3 nitrogen and oxygen atoms in total. The van der Waals surface area contributed by atoms with Crippen molar-refractivity contribution in [3.63, 3.8) is 0 Å². The maximum atomic E-state index is 10.6. The molecule has 1 aliphatic rings. The quantitative estimate of drug-likeness (QED) is 0.775. The van der Waals surface area contributed by atoms with E-state index < -0.39 is 5.97 Å². The molecule has 2 rings (SSSR count). The van der Waals surface area contributed by atoms with Gasteiger partial charge in [-0.15, -0.1) is 0 Å². The Morgan fingerprint density at radius 2 is 2.19 bits per heavy atom. The topological polar surface area (TPSA) is 50.2 Å². The van der Waals surface area contributed by atoms with E-state index in [4.69, 9.17) is 5.11 Å². The van der Waals surface area contributed by atoms with Gasteiger partial charge in [0.25, 0.3) is 0 Å². The summed E-state index contributed by atoms with van der Waals surface area (Å²) in [6, 6.07) is 4.04. The first-order valence-corrected chi connectivity index (χ1v) is 5.58. The zero-order chi connectivity index (χ0) is 11.4. The predicted molar refractivity (Wildman–Crippen MR) is 61.2 cm³/mol. The van der Waals surface area contributed by atoms with Gasteiger partial charge in [-0.1, -0.05) is 5.57 Å². The highest BCUT2D eigenvalue weighted by molar-refractivity contribution is 5.80. The van der Waals surface area contributed by atoms with Crippen LogP contribution in [0.5, 0.6) is 0 Å². The van der Waals surface area contributed by atoms with Gasteiger partial charge in [-0.3, -0.25) is 4.98 Å². The average molecular weight is 217 g/mol. The Morgan fingerprint density at radius 1 is 1.44 bits per heavy atom. The Morgan fingerprint density at radius 3 is 2.88 bits per heavy atom. The smallest absolute Gasteiger partial charge is 0.328 e. The third kappa shape index (κ3) is 2.69. The van der Waals surface area contributed by atoms with Gasteiger partial charge in [0.15, 0.2) is 0 Å². The molecule has 0 aliphatic heterocycles. The lowest BCUT2D eigenvalue weighted by molar-refractivity contribution is -0.131. The van der Waals surface area contributed by atoms with Crippen molar-refractivity contribution >= 4 is 5.97 Å². The van der Waals surface area contributed by atoms with Crippen molar-refractivity contribution < 1.29 is 9.90 Å². The fourth-order valence-corrected chi connectivity index (χ4v) is 2.32. The lowest BCUT2D eigenvalue weighted by atomic mass is 9.81. The van der Waals surface area contributed by atoms with Gasteiger partial charge in [0, 0.05) is 18.5 Å². The number of carboxylic acid groups (broad SMARTS) is 1. The Hall–Kier alpha value is -1.64. The molecule has 1 unspecified atom stereocenters. The van der Waals surface area contributed by atoms with Gasteiger partial charge in [0.2, 0.25) is 0 Å². The molecule has 1 N–H and O–H groups in total. The Kier molecular flexibility index (Phi) is 3.34. The number of pyridine rings is 1. The van der Waals surface area contributed by atoms with E-state index >= 15 is 0 Å². The highest BCUT2D eigenvalue weighted by atomic mass is 16.4. The van der Waals surface area contributed by atoms with E-state index in [1.54, 1.807) is 12.4 Å². The normalized spacial score (nSPS) is 23.2. The average Bonchev–Trinajstić information content (AvgIpc) is 2.30. The minimum atomic E-state index is -0.828. The molecule has 3 heteroatoms. The first kappa shape index (κ1) is 10.9. The van der Waals surface area contributed by atoms with Crippen LogP contribution in [-0.2, 0) is 4.79 Å². The van der Waals surface area contributed by atoms with Crippen LogP contribution in [0.1, 0.15) is 37.2 Å². The number of hydrogen-bond donors (Lipinski definition) is 1. The molecule has 0 spiro atoms. The van der Waals surface area contributed by atoms with Crippen molar-refractivity contribution in [1.82, 2.24) is 4.98 Å². The molecule has 1 aromatic rings. The summed E-state index contributed by atoms with van der Waals surface area (Å²) in [6.07, 6.45) is 8.97.